The van der Waals surface area contributed by atoms with Gasteiger partial charge in [0.25, 0.3) is 5.91 Å². The summed E-state index contributed by atoms with van der Waals surface area (Å²) in [6.45, 7) is 1.73. The third-order valence-corrected chi connectivity index (χ3v) is 8.15. The van der Waals surface area contributed by atoms with Crippen LogP contribution in [0.15, 0.2) is 60.8 Å². The lowest BCUT2D eigenvalue weighted by molar-refractivity contribution is 0.0915. The van der Waals surface area contributed by atoms with Crippen LogP contribution < -0.4 is 5.32 Å². The second kappa shape index (κ2) is 8.18. The number of halogens is 2. The molecule has 0 unspecified atom stereocenters. The Balaban J connectivity index is 1.62. The zero-order chi connectivity index (χ0) is 24.1. The van der Waals surface area contributed by atoms with E-state index in [0.717, 1.165) is 11.6 Å². The Morgan fingerprint density at radius 2 is 1.97 bits per heavy atom. The maximum absolute atomic E-state index is 13.5. The summed E-state index contributed by atoms with van der Waals surface area (Å²) >= 11 is 6.42. The van der Waals surface area contributed by atoms with Crippen LogP contribution in [0.2, 0.25) is 5.02 Å². The molecule has 1 amide bonds. The van der Waals surface area contributed by atoms with Crippen LogP contribution in [-0.2, 0) is 9.84 Å². The number of amides is 1. The second-order valence-corrected chi connectivity index (χ2v) is 11.3. The van der Waals surface area contributed by atoms with Crippen molar-refractivity contribution >= 4 is 38.2 Å². The predicted octanol–water partition coefficient (Wildman–Crippen LogP) is 4.19. The summed E-state index contributed by atoms with van der Waals surface area (Å²) in [6, 6.07) is 15.1. The molecule has 34 heavy (non-hydrogen) atoms. The number of benzene rings is 2. The minimum atomic E-state index is -3.17. The maximum atomic E-state index is 13.5. The lowest BCUT2D eigenvalue weighted by Crippen LogP contribution is -2.46. The van der Waals surface area contributed by atoms with Crippen LogP contribution in [0.25, 0.3) is 28.0 Å². The normalized spacial score (nSPS) is 19.4. The second-order valence-electron chi connectivity index (χ2n) is 8.66. The van der Waals surface area contributed by atoms with E-state index >= 15 is 0 Å². The Morgan fingerprint density at radius 1 is 1.18 bits per heavy atom. The summed E-state index contributed by atoms with van der Waals surface area (Å²) in [7, 11) is -3.17. The summed E-state index contributed by atoms with van der Waals surface area (Å²) in [5.74, 6) is -0.544. The van der Waals surface area contributed by atoms with Gasteiger partial charge in [-0.15, -0.1) is 0 Å². The number of hydrogen-bond donors (Lipinski definition) is 1. The molecular formula is C24H20ClFN4O3S. The van der Waals surface area contributed by atoms with Gasteiger partial charge in [-0.25, -0.2) is 22.5 Å². The predicted molar refractivity (Wildman–Crippen MR) is 128 cm³/mol. The van der Waals surface area contributed by atoms with Gasteiger partial charge in [0.15, 0.2) is 15.7 Å². The number of nitrogens with one attached hydrogen (secondary N) is 1. The van der Waals surface area contributed by atoms with Crippen molar-refractivity contribution in [1.82, 2.24) is 20.1 Å². The zero-order valence-electron chi connectivity index (χ0n) is 18.1. The first-order valence-electron chi connectivity index (χ1n) is 10.6. The molecule has 1 atom stereocenters. The van der Waals surface area contributed by atoms with Crippen molar-refractivity contribution in [3.63, 3.8) is 0 Å². The van der Waals surface area contributed by atoms with E-state index in [-0.39, 0.29) is 17.4 Å². The largest absolute Gasteiger partial charge is 0.346 e. The first kappa shape index (κ1) is 22.5. The third kappa shape index (κ3) is 4.17. The molecule has 1 saturated heterocycles. The summed E-state index contributed by atoms with van der Waals surface area (Å²) < 4.78 is 38.9. The SMILES string of the molecule is C[C@]1(NC(=O)c2ccc3c(-c4ccccc4Cl)nn(-c4ccc(F)cn4)c3c2)CCS(=O)(=O)C1. The van der Waals surface area contributed by atoms with E-state index in [1.54, 1.807) is 31.2 Å². The quantitative estimate of drug-likeness (QED) is 0.455. The van der Waals surface area contributed by atoms with Crippen LogP contribution in [0.3, 0.4) is 0 Å². The van der Waals surface area contributed by atoms with Gasteiger partial charge in [0.05, 0.1) is 33.8 Å². The smallest absolute Gasteiger partial charge is 0.251 e. The molecule has 1 aliphatic rings. The molecule has 0 saturated carbocycles. The highest BCUT2D eigenvalue weighted by molar-refractivity contribution is 7.91. The van der Waals surface area contributed by atoms with E-state index in [1.165, 1.54) is 16.8 Å². The van der Waals surface area contributed by atoms with Crippen LogP contribution in [0.5, 0.6) is 0 Å². The number of pyridine rings is 1. The molecule has 2 aromatic carbocycles. The molecule has 10 heteroatoms. The molecule has 0 aliphatic carbocycles. The van der Waals surface area contributed by atoms with Crippen molar-refractivity contribution < 1.29 is 17.6 Å². The Labute approximate surface area is 200 Å². The van der Waals surface area contributed by atoms with Crippen molar-refractivity contribution in [3.05, 3.63) is 77.2 Å². The van der Waals surface area contributed by atoms with E-state index in [2.05, 4.69) is 10.3 Å². The Kier molecular flexibility index (Phi) is 5.41. The monoisotopic (exact) mass is 498 g/mol. The number of sulfone groups is 1. The van der Waals surface area contributed by atoms with Crippen LogP contribution in [0, 0.1) is 5.82 Å². The Hall–Kier alpha value is -3.30. The summed E-state index contributed by atoms with van der Waals surface area (Å²) in [4.78, 5) is 17.2. The number of carbonyl (C=O) groups is 1. The number of carbonyl (C=O) groups excluding carboxylic acids is 1. The van der Waals surface area contributed by atoms with Gasteiger partial charge in [0.1, 0.15) is 11.5 Å². The molecule has 174 valence electrons. The van der Waals surface area contributed by atoms with Gasteiger partial charge in [-0.1, -0.05) is 29.8 Å². The van der Waals surface area contributed by atoms with Crippen LogP contribution in [-0.4, -0.2) is 46.1 Å². The van der Waals surface area contributed by atoms with Gasteiger partial charge in [0.2, 0.25) is 0 Å². The highest BCUT2D eigenvalue weighted by Gasteiger charge is 2.39. The van der Waals surface area contributed by atoms with Gasteiger partial charge in [-0.3, -0.25) is 4.79 Å². The van der Waals surface area contributed by atoms with Crippen molar-refractivity contribution in [2.75, 3.05) is 11.5 Å². The number of nitrogens with zero attached hydrogens (tertiary/aromatic N) is 3. The van der Waals surface area contributed by atoms with Gasteiger partial charge >= 0.3 is 0 Å². The molecule has 3 heterocycles. The van der Waals surface area contributed by atoms with Crippen molar-refractivity contribution in [2.45, 2.75) is 18.9 Å². The summed E-state index contributed by atoms with van der Waals surface area (Å²) in [5.41, 5.74) is 1.38. The van der Waals surface area contributed by atoms with Gasteiger partial charge in [-0.05, 0) is 49.7 Å². The zero-order valence-corrected chi connectivity index (χ0v) is 19.7. The Morgan fingerprint density at radius 3 is 2.65 bits per heavy atom. The van der Waals surface area contributed by atoms with Gasteiger partial charge < -0.3 is 5.32 Å². The molecule has 0 spiro atoms. The number of fused-ring (bicyclic) bond motifs is 1. The molecule has 2 aromatic heterocycles. The molecule has 1 aliphatic heterocycles. The highest BCUT2D eigenvalue weighted by atomic mass is 35.5. The minimum Gasteiger partial charge on any atom is -0.346 e. The highest BCUT2D eigenvalue weighted by Crippen LogP contribution is 2.34. The van der Waals surface area contributed by atoms with Crippen molar-refractivity contribution in [3.8, 4) is 17.1 Å². The van der Waals surface area contributed by atoms with Gasteiger partial charge in [-0.2, -0.15) is 5.10 Å². The van der Waals surface area contributed by atoms with Crippen LogP contribution in [0.4, 0.5) is 4.39 Å². The number of rotatable bonds is 4. The maximum Gasteiger partial charge on any atom is 0.251 e. The average molecular weight is 499 g/mol. The molecule has 1 N–H and O–H groups in total. The fourth-order valence-corrected chi connectivity index (χ4v) is 6.55. The molecule has 1 fully saturated rings. The van der Waals surface area contributed by atoms with E-state index in [1.807, 2.05) is 18.2 Å². The first-order chi connectivity index (χ1) is 16.1. The fraction of sp³-hybridized carbons (Fsp3) is 0.208. The van der Waals surface area contributed by atoms with E-state index in [0.29, 0.717) is 39.6 Å². The molecule has 7 nitrogen and oxygen atoms in total. The summed E-state index contributed by atoms with van der Waals surface area (Å²) in [6.07, 6.45) is 1.45. The number of hydrogen-bond acceptors (Lipinski definition) is 5. The van der Waals surface area contributed by atoms with E-state index < -0.39 is 21.2 Å². The van der Waals surface area contributed by atoms with E-state index in [4.69, 9.17) is 16.7 Å². The average Bonchev–Trinajstić information content (AvgIpc) is 3.30. The fourth-order valence-electron chi connectivity index (χ4n) is 4.23. The topological polar surface area (TPSA) is 93.9 Å². The Bertz CT molecular complexity index is 1540. The van der Waals surface area contributed by atoms with Crippen LogP contribution in [0.1, 0.15) is 23.7 Å². The standard InChI is InChI=1S/C24H20ClFN4O3S/c1-24(10-11-34(32,33)14-24)28-23(31)15-6-8-18-20(12-15)30(21-9-7-16(26)13-27-21)29-22(18)17-4-2-3-5-19(17)25/h2-9,12-13H,10-11,14H2,1H3,(H,28,31)/t24-/m0/s1. The molecule has 0 radical (unpaired) electrons. The molecule has 5 rings (SSSR count). The molecular weight excluding hydrogens is 479 g/mol. The van der Waals surface area contributed by atoms with Crippen molar-refractivity contribution in [2.24, 2.45) is 0 Å². The first-order valence-corrected chi connectivity index (χ1v) is 12.8. The lowest BCUT2D eigenvalue weighted by atomic mass is 10.0. The van der Waals surface area contributed by atoms with Crippen LogP contribution >= 0.6 is 11.6 Å². The molecule has 0 bridgehead atoms. The number of aromatic nitrogens is 3. The summed E-state index contributed by atoms with van der Waals surface area (Å²) in [5, 5.41) is 8.80. The molecule has 4 aromatic rings. The lowest BCUT2D eigenvalue weighted by Gasteiger charge is -2.23. The van der Waals surface area contributed by atoms with E-state index in [9.17, 15) is 17.6 Å². The van der Waals surface area contributed by atoms with Crippen molar-refractivity contribution in [1.29, 1.82) is 0 Å². The van der Waals surface area contributed by atoms with Gasteiger partial charge in [0, 0.05) is 16.5 Å². The third-order valence-electron chi connectivity index (χ3n) is 5.92. The minimum absolute atomic E-state index is 0.0486.